The van der Waals surface area contributed by atoms with Gasteiger partial charge < -0.3 is 4.42 Å². The van der Waals surface area contributed by atoms with Gasteiger partial charge in [-0.3, -0.25) is 0 Å². The van der Waals surface area contributed by atoms with Gasteiger partial charge in [-0.1, -0.05) is 13.8 Å². The van der Waals surface area contributed by atoms with Gasteiger partial charge in [-0.05, 0) is 39.9 Å². The molecule has 1 atom stereocenters. The van der Waals surface area contributed by atoms with Crippen LogP contribution in [-0.4, -0.2) is 5.38 Å². The Morgan fingerprint density at radius 2 is 2.25 bits per heavy atom. The van der Waals surface area contributed by atoms with Gasteiger partial charge in [0.1, 0.15) is 0 Å². The molecule has 0 fully saturated rings. The zero-order valence-electron chi connectivity index (χ0n) is 7.18. The maximum absolute atomic E-state index is 6.10. The smallest absolute Gasteiger partial charge is 0.169 e. The second-order valence-electron chi connectivity index (χ2n) is 3.22. The van der Waals surface area contributed by atoms with Gasteiger partial charge in [0.15, 0.2) is 4.67 Å². The van der Waals surface area contributed by atoms with Crippen molar-refractivity contribution in [2.24, 2.45) is 5.92 Å². The van der Waals surface area contributed by atoms with Gasteiger partial charge in [0.2, 0.25) is 0 Å². The van der Waals surface area contributed by atoms with Gasteiger partial charge in [-0.25, -0.2) is 0 Å². The largest absolute Gasteiger partial charge is 0.457 e. The van der Waals surface area contributed by atoms with E-state index in [1.165, 1.54) is 0 Å². The minimum absolute atomic E-state index is 0.189. The predicted molar refractivity (Wildman–Crippen MR) is 54.6 cm³/mol. The van der Waals surface area contributed by atoms with E-state index in [1.54, 1.807) is 6.26 Å². The summed E-state index contributed by atoms with van der Waals surface area (Å²) in [5.41, 5.74) is 1.15. The van der Waals surface area contributed by atoms with E-state index in [2.05, 4.69) is 29.8 Å². The van der Waals surface area contributed by atoms with E-state index in [0.29, 0.717) is 5.92 Å². The lowest BCUT2D eigenvalue weighted by atomic mass is 10.0. The van der Waals surface area contributed by atoms with Crippen LogP contribution in [0, 0.1) is 5.92 Å². The number of rotatable bonds is 3. The maximum atomic E-state index is 6.10. The van der Waals surface area contributed by atoms with Crippen molar-refractivity contribution in [3.8, 4) is 0 Å². The molecule has 0 aromatic carbocycles. The van der Waals surface area contributed by atoms with E-state index in [0.717, 1.165) is 16.7 Å². The average molecular weight is 252 g/mol. The highest BCUT2D eigenvalue weighted by atomic mass is 79.9. The highest BCUT2D eigenvalue weighted by Crippen LogP contribution is 2.20. The molecule has 3 heteroatoms. The number of alkyl halides is 1. The summed E-state index contributed by atoms with van der Waals surface area (Å²) in [7, 11) is 0. The quantitative estimate of drug-likeness (QED) is 0.744. The van der Waals surface area contributed by atoms with E-state index in [4.69, 9.17) is 16.0 Å². The lowest BCUT2D eigenvalue weighted by Gasteiger charge is -2.10. The van der Waals surface area contributed by atoms with E-state index >= 15 is 0 Å². The van der Waals surface area contributed by atoms with Crippen LogP contribution in [0.1, 0.15) is 19.4 Å². The molecule has 0 aliphatic carbocycles. The second kappa shape index (κ2) is 4.33. The summed E-state index contributed by atoms with van der Waals surface area (Å²) in [5.74, 6) is 0.500. The second-order valence-corrected chi connectivity index (χ2v) is 4.57. The molecule has 0 aliphatic heterocycles. The minimum Gasteiger partial charge on any atom is -0.457 e. The minimum atomic E-state index is 0.189. The normalized spacial score (nSPS) is 13.8. The van der Waals surface area contributed by atoms with Crippen LogP contribution < -0.4 is 0 Å². The Morgan fingerprint density at radius 1 is 1.58 bits per heavy atom. The summed E-state index contributed by atoms with van der Waals surface area (Å²) < 4.78 is 5.87. The van der Waals surface area contributed by atoms with Crippen LogP contribution in [0.3, 0.4) is 0 Å². The molecule has 0 saturated carbocycles. The van der Waals surface area contributed by atoms with E-state index < -0.39 is 0 Å². The van der Waals surface area contributed by atoms with Crippen molar-refractivity contribution in [2.75, 3.05) is 0 Å². The summed E-state index contributed by atoms with van der Waals surface area (Å²) in [4.78, 5) is 0. The Kier molecular flexibility index (Phi) is 3.66. The van der Waals surface area contributed by atoms with Crippen LogP contribution >= 0.6 is 27.5 Å². The third-order valence-corrected chi connectivity index (χ3v) is 2.85. The Bertz CT molecular complexity index is 244. The monoisotopic (exact) mass is 250 g/mol. The summed E-state index contributed by atoms with van der Waals surface area (Å²) in [6.45, 7) is 4.24. The molecule has 1 unspecified atom stereocenters. The molecular formula is C9H12BrClO. The number of furan rings is 1. The zero-order valence-corrected chi connectivity index (χ0v) is 9.52. The van der Waals surface area contributed by atoms with Crippen LogP contribution in [0.2, 0.25) is 0 Å². The number of hydrogen-bond donors (Lipinski definition) is 0. The molecule has 0 radical (unpaired) electrons. The highest BCUT2D eigenvalue weighted by Gasteiger charge is 2.11. The first-order valence-corrected chi connectivity index (χ1v) is 5.19. The topological polar surface area (TPSA) is 13.1 Å². The average Bonchev–Trinajstić information content (AvgIpc) is 2.35. The van der Waals surface area contributed by atoms with Crippen molar-refractivity contribution in [1.82, 2.24) is 0 Å². The molecule has 0 N–H and O–H groups in total. The van der Waals surface area contributed by atoms with Crippen LogP contribution in [0.25, 0.3) is 0 Å². The van der Waals surface area contributed by atoms with Crippen LogP contribution in [0.15, 0.2) is 21.4 Å². The third kappa shape index (κ3) is 2.83. The fourth-order valence-corrected chi connectivity index (χ4v) is 1.48. The number of hydrogen-bond acceptors (Lipinski definition) is 1. The molecule has 0 saturated heterocycles. The SMILES string of the molecule is CC(C)C(Cl)Cc1coc(Br)c1. The molecule has 1 nitrogen and oxygen atoms in total. The molecule has 0 aliphatic rings. The van der Waals surface area contributed by atoms with Crippen molar-refractivity contribution in [3.63, 3.8) is 0 Å². The Hall–Kier alpha value is 0.0500. The van der Waals surface area contributed by atoms with Gasteiger partial charge in [-0.15, -0.1) is 11.6 Å². The van der Waals surface area contributed by atoms with Gasteiger partial charge >= 0.3 is 0 Å². The van der Waals surface area contributed by atoms with Crippen LogP contribution in [0.4, 0.5) is 0 Å². The van der Waals surface area contributed by atoms with Crippen molar-refractivity contribution in [2.45, 2.75) is 25.6 Å². The Balaban J connectivity index is 2.52. The van der Waals surface area contributed by atoms with Gasteiger partial charge in [0, 0.05) is 5.38 Å². The molecule has 1 aromatic rings. The van der Waals surface area contributed by atoms with E-state index in [9.17, 15) is 0 Å². The van der Waals surface area contributed by atoms with E-state index in [-0.39, 0.29) is 5.38 Å². The fourth-order valence-electron chi connectivity index (χ4n) is 0.914. The molecule has 12 heavy (non-hydrogen) atoms. The van der Waals surface area contributed by atoms with Gasteiger partial charge in [-0.2, -0.15) is 0 Å². The van der Waals surface area contributed by atoms with Crippen molar-refractivity contribution >= 4 is 27.5 Å². The summed E-state index contributed by atoms with van der Waals surface area (Å²) in [6.07, 6.45) is 2.61. The third-order valence-electron chi connectivity index (χ3n) is 1.78. The van der Waals surface area contributed by atoms with Crippen molar-refractivity contribution in [1.29, 1.82) is 0 Å². The Morgan fingerprint density at radius 3 is 2.67 bits per heavy atom. The summed E-state index contributed by atoms with van der Waals surface area (Å²) in [5, 5.41) is 0.189. The number of halogens is 2. The molecule has 0 amide bonds. The first-order chi connectivity index (χ1) is 5.59. The Labute approximate surface area is 86.2 Å². The van der Waals surface area contributed by atoms with Crippen molar-refractivity contribution < 1.29 is 4.42 Å². The molecule has 1 heterocycles. The molecule has 1 rings (SSSR count). The van der Waals surface area contributed by atoms with Crippen LogP contribution in [0.5, 0.6) is 0 Å². The molecule has 0 bridgehead atoms. The molecular weight excluding hydrogens is 239 g/mol. The van der Waals surface area contributed by atoms with E-state index in [1.807, 2.05) is 6.07 Å². The molecule has 0 spiro atoms. The lowest BCUT2D eigenvalue weighted by Crippen LogP contribution is -2.10. The first-order valence-electron chi connectivity index (χ1n) is 3.96. The zero-order chi connectivity index (χ0) is 9.14. The predicted octanol–water partition coefficient (Wildman–Crippen LogP) is 3.85. The van der Waals surface area contributed by atoms with Crippen LogP contribution in [-0.2, 0) is 6.42 Å². The standard InChI is InChI=1S/C9H12BrClO/c1-6(2)8(11)3-7-4-9(10)12-5-7/h4-6,8H,3H2,1-2H3. The lowest BCUT2D eigenvalue weighted by molar-refractivity contribution is 0.534. The molecule has 1 aromatic heterocycles. The highest BCUT2D eigenvalue weighted by molar-refractivity contribution is 9.10. The van der Waals surface area contributed by atoms with Gasteiger partial charge in [0.05, 0.1) is 6.26 Å². The summed E-state index contributed by atoms with van der Waals surface area (Å²) >= 11 is 9.35. The summed E-state index contributed by atoms with van der Waals surface area (Å²) in [6, 6.07) is 1.96. The van der Waals surface area contributed by atoms with Gasteiger partial charge in [0.25, 0.3) is 0 Å². The van der Waals surface area contributed by atoms with Crippen molar-refractivity contribution in [3.05, 3.63) is 22.6 Å². The maximum Gasteiger partial charge on any atom is 0.169 e. The fraction of sp³-hybridized carbons (Fsp3) is 0.556. The first kappa shape index (κ1) is 10.1. The molecule has 68 valence electrons.